The fourth-order valence-corrected chi connectivity index (χ4v) is 2.37. The zero-order valence-corrected chi connectivity index (χ0v) is 10.1. The number of rotatable bonds is 5. The van der Waals surface area contributed by atoms with Crippen LogP contribution in [0.1, 0.15) is 36.8 Å². The van der Waals surface area contributed by atoms with Gasteiger partial charge in [-0.05, 0) is 44.1 Å². The maximum absolute atomic E-state index is 5.62. The summed E-state index contributed by atoms with van der Waals surface area (Å²) in [4.78, 5) is 0. The molecule has 1 saturated carbocycles. The molecule has 1 aromatic rings. The maximum Gasteiger partial charge on any atom is 0.0241 e. The summed E-state index contributed by atoms with van der Waals surface area (Å²) in [7, 11) is 0. The van der Waals surface area contributed by atoms with E-state index in [-0.39, 0.29) is 0 Å². The van der Waals surface area contributed by atoms with Gasteiger partial charge in [0.15, 0.2) is 0 Å². The second-order valence-electron chi connectivity index (χ2n) is 4.99. The van der Waals surface area contributed by atoms with Crippen LogP contribution in [-0.4, -0.2) is 6.04 Å². The minimum absolute atomic E-state index is 0.509. The van der Waals surface area contributed by atoms with Gasteiger partial charge in [-0.2, -0.15) is 0 Å². The van der Waals surface area contributed by atoms with Gasteiger partial charge >= 0.3 is 0 Å². The van der Waals surface area contributed by atoms with Gasteiger partial charge in [0.1, 0.15) is 0 Å². The molecule has 2 rings (SSSR count). The van der Waals surface area contributed by atoms with Gasteiger partial charge in [-0.25, -0.2) is 0 Å². The van der Waals surface area contributed by atoms with Crippen molar-refractivity contribution in [1.82, 2.24) is 5.43 Å². The first-order valence-corrected chi connectivity index (χ1v) is 6.31. The van der Waals surface area contributed by atoms with Crippen molar-refractivity contribution in [3.63, 3.8) is 0 Å². The van der Waals surface area contributed by atoms with Crippen LogP contribution in [0.15, 0.2) is 24.3 Å². The lowest BCUT2D eigenvalue weighted by atomic mass is 9.78. The minimum atomic E-state index is 0.509. The van der Waals surface area contributed by atoms with Crippen LogP contribution in [0, 0.1) is 12.8 Å². The van der Waals surface area contributed by atoms with Crippen LogP contribution in [0.2, 0.25) is 0 Å². The van der Waals surface area contributed by atoms with Crippen molar-refractivity contribution < 1.29 is 0 Å². The number of nitrogens with two attached hydrogens (primary N) is 1. The van der Waals surface area contributed by atoms with Crippen LogP contribution < -0.4 is 11.3 Å². The molecule has 1 aliphatic carbocycles. The fourth-order valence-electron chi connectivity index (χ4n) is 2.37. The molecule has 88 valence electrons. The second kappa shape index (κ2) is 5.46. The number of hydrazine groups is 1. The largest absolute Gasteiger partial charge is 0.271 e. The van der Waals surface area contributed by atoms with Crippen LogP contribution in [0.25, 0.3) is 0 Å². The highest BCUT2D eigenvalue weighted by atomic mass is 15.2. The van der Waals surface area contributed by atoms with E-state index in [0.29, 0.717) is 6.04 Å². The molecule has 2 heteroatoms. The average molecular weight is 218 g/mol. The Bertz CT molecular complexity index is 314. The Balaban J connectivity index is 1.83. The molecule has 1 unspecified atom stereocenters. The third-order valence-electron chi connectivity index (χ3n) is 3.80. The number of hydrogen-bond donors (Lipinski definition) is 2. The summed E-state index contributed by atoms with van der Waals surface area (Å²) in [5, 5.41) is 0. The zero-order chi connectivity index (χ0) is 11.4. The summed E-state index contributed by atoms with van der Waals surface area (Å²) >= 11 is 0. The summed E-state index contributed by atoms with van der Waals surface area (Å²) < 4.78 is 0. The molecule has 16 heavy (non-hydrogen) atoms. The molecule has 1 aliphatic rings. The van der Waals surface area contributed by atoms with Gasteiger partial charge < -0.3 is 0 Å². The van der Waals surface area contributed by atoms with E-state index in [9.17, 15) is 0 Å². The maximum atomic E-state index is 5.62. The highest BCUT2D eigenvalue weighted by molar-refractivity contribution is 5.21. The third kappa shape index (κ3) is 2.83. The van der Waals surface area contributed by atoms with E-state index < -0.39 is 0 Å². The molecule has 2 nitrogen and oxygen atoms in total. The summed E-state index contributed by atoms with van der Waals surface area (Å²) in [6.45, 7) is 2.13. The van der Waals surface area contributed by atoms with Gasteiger partial charge in [0.05, 0.1) is 0 Å². The van der Waals surface area contributed by atoms with Crippen LogP contribution >= 0.6 is 0 Å². The van der Waals surface area contributed by atoms with E-state index >= 15 is 0 Å². The molecule has 0 radical (unpaired) electrons. The van der Waals surface area contributed by atoms with E-state index in [1.165, 1.54) is 30.4 Å². The quantitative estimate of drug-likeness (QED) is 0.589. The van der Waals surface area contributed by atoms with Gasteiger partial charge in [0.25, 0.3) is 0 Å². The normalized spacial score (nSPS) is 18.1. The zero-order valence-electron chi connectivity index (χ0n) is 10.1. The lowest BCUT2D eigenvalue weighted by molar-refractivity contribution is 0.221. The summed E-state index contributed by atoms with van der Waals surface area (Å²) in [5.74, 6) is 6.44. The Kier molecular flexibility index (Phi) is 3.97. The molecule has 0 amide bonds. The smallest absolute Gasteiger partial charge is 0.0241 e. The summed E-state index contributed by atoms with van der Waals surface area (Å²) in [6.07, 6.45) is 6.37. The lowest BCUT2D eigenvalue weighted by Crippen LogP contribution is -2.43. The van der Waals surface area contributed by atoms with Gasteiger partial charge in [-0.3, -0.25) is 11.3 Å². The van der Waals surface area contributed by atoms with Crippen molar-refractivity contribution in [1.29, 1.82) is 0 Å². The third-order valence-corrected chi connectivity index (χ3v) is 3.80. The topological polar surface area (TPSA) is 38.0 Å². The number of nitrogens with one attached hydrogen (secondary N) is 1. The Morgan fingerprint density at radius 1 is 1.31 bits per heavy atom. The SMILES string of the molecule is Cc1ccc(CCC(NN)C2CCC2)cc1. The van der Waals surface area contributed by atoms with Crippen molar-refractivity contribution in [3.05, 3.63) is 35.4 Å². The molecular formula is C14H22N2. The monoisotopic (exact) mass is 218 g/mol. The van der Waals surface area contributed by atoms with Gasteiger partial charge in [-0.15, -0.1) is 0 Å². The number of hydrogen-bond acceptors (Lipinski definition) is 2. The van der Waals surface area contributed by atoms with Crippen LogP contribution in [0.5, 0.6) is 0 Å². The highest BCUT2D eigenvalue weighted by Gasteiger charge is 2.25. The average Bonchev–Trinajstić information content (AvgIpc) is 2.23. The number of benzene rings is 1. The van der Waals surface area contributed by atoms with E-state index in [0.717, 1.165) is 18.8 Å². The first-order chi connectivity index (χ1) is 7.79. The standard InChI is InChI=1S/C14H22N2/c1-11-5-7-12(8-6-11)9-10-14(16-15)13-3-2-4-13/h5-8,13-14,16H,2-4,9-10,15H2,1H3. The first-order valence-electron chi connectivity index (χ1n) is 6.31. The van der Waals surface area contributed by atoms with Gasteiger partial charge in [-0.1, -0.05) is 36.2 Å². The van der Waals surface area contributed by atoms with Crippen LogP contribution in [-0.2, 0) is 6.42 Å². The molecule has 0 aromatic heterocycles. The predicted octanol–water partition coefficient (Wildman–Crippen LogP) is 2.56. The molecule has 0 bridgehead atoms. The first kappa shape index (κ1) is 11.6. The Morgan fingerprint density at radius 3 is 2.50 bits per heavy atom. The van der Waals surface area contributed by atoms with Crippen molar-refractivity contribution in [3.8, 4) is 0 Å². The second-order valence-corrected chi connectivity index (χ2v) is 4.99. The van der Waals surface area contributed by atoms with Crippen molar-refractivity contribution >= 4 is 0 Å². The number of aryl methyl sites for hydroxylation is 2. The van der Waals surface area contributed by atoms with Gasteiger partial charge in [0.2, 0.25) is 0 Å². The van der Waals surface area contributed by atoms with E-state index in [2.05, 4.69) is 36.6 Å². The molecule has 1 fully saturated rings. The Hall–Kier alpha value is -0.860. The summed E-state index contributed by atoms with van der Waals surface area (Å²) in [5.41, 5.74) is 5.74. The van der Waals surface area contributed by atoms with Crippen LogP contribution in [0.3, 0.4) is 0 Å². The van der Waals surface area contributed by atoms with Gasteiger partial charge in [0, 0.05) is 6.04 Å². The molecule has 1 aromatic carbocycles. The van der Waals surface area contributed by atoms with E-state index in [1.807, 2.05) is 0 Å². The molecule has 0 heterocycles. The fraction of sp³-hybridized carbons (Fsp3) is 0.571. The van der Waals surface area contributed by atoms with Crippen LogP contribution in [0.4, 0.5) is 0 Å². The highest BCUT2D eigenvalue weighted by Crippen LogP contribution is 2.31. The molecule has 1 atom stereocenters. The lowest BCUT2D eigenvalue weighted by Gasteiger charge is -2.33. The Labute approximate surface area is 98.2 Å². The molecule has 0 aliphatic heterocycles. The van der Waals surface area contributed by atoms with Crippen molar-refractivity contribution in [2.45, 2.75) is 45.1 Å². The Morgan fingerprint density at radius 2 is 2.00 bits per heavy atom. The molecule has 0 spiro atoms. The van der Waals surface area contributed by atoms with Crippen molar-refractivity contribution in [2.24, 2.45) is 11.8 Å². The molecule has 0 saturated heterocycles. The van der Waals surface area contributed by atoms with Crippen molar-refractivity contribution in [2.75, 3.05) is 0 Å². The summed E-state index contributed by atoms with van der Waals surface area (Å²) in [6, 6.07) is 9.33. The molecule has 3 N–H and O–H groups in total. The molecular weight excluding hydrogens is 196 g/mol. The minimum Gasteiger partial charge on any atom is -0.271 e. The van der Waals surface area contributed by atoms with E-state index in [1.54, 1.807) is 0 Å². The van der Waals surface area contributed by atoms with E-state index in [4.69, 9.17) is 5.84 Å². The predicted molar refractivity (Wildman–Crippen MR) is 68.0 cm³/mol.